The Labute approximate surface area is 72.2 Å². The summed E-state index contributed by atoms with van der Waals surface area (Å²) in [5, 5.41) is 0. The molecule has 1 aromatic heterocycles. The zero-order valence-electron chi connectivity index (χ0n) is 6.16. The number of nitrogens with zero attached hydrogens (tertiary/aromatic N) is 1. The second kappa shape index (κ2) is 2.80. The largest absolute Gasteiger partial charge is 0.320 e. The highest BCUT2D eigenvalue weighted by molar-refractivity contribution is 5.85. The van der Waals surface area contributed by atoms with Gasteiger partial charge in [0.1, 0.15) is 0 Å². The Morgan fingerprint density at radius 3 is 2.55 bits per heavy atom. The third kappa shape index (κ3) is 1.52. The Morgan fingerprint density at radius 1 is 1.36 bits per heavy atom. The van der Waals surface area contributed by atoms with Crippen molar-refractivity contribution in [1.29, 1.82) is 0 Å². The lowest BCUT2D eigenvalue weighted by atomic mass is 10.2. The van der Waals surface area contributed by atoms with E-state index in [2.05, 4.69) is 4.98 Å². The minimum Gasteiger partial charge on any atom is -0.320 e. The fourth-order valence-corrected chi connectivity index (χ4v) is 1.05. The Morgan fingerprint density at radius 2 is 2.09 bits per heavy atom. The van der Waals surface area contributed by atoms with Crippen molar-refractivity contribution < 1.29 is 0 Å². The smallest absolute Gasteiger partial charge is 0.0602 e. The van der Waals surface area contributed by atoms with Crippen molar-refractivity contribution in [3.8, 4) is 0 Å². The summed E-state index contributed by atoms with van der Waals surface area (Å²) in [6.45, 7) is 0. The first-order valence-electron chi connectivity index (χ1n) is 3.52. The van der Waals surface area contributed by atoms with Gasteiger partial charge in [0.2, 0.25) is 0 Å². The number of nitrogens with two attached hydrogens (primary N) is 1. The van der Waals surface area contributed by atoms with Gasteiger partial charge in [-0.15, -0.1) is 12.4 Å². The topological polar surface area (TPSA) is 38.9 Å². The van der Waals surface area contributed by atoms with Crippen LogP contribution in [-0.4, -0.2) is 4.98 Å². The molecule has 0 atom stereocenters. The van der Waals surface area contributed by atoms with Crippen LogP contribution in [0.1, 0.15) is 18.5 Å². The predicted molar refractivity (Wildman–Crippen MR) is 46.6 cm³/mol. The van der Waals surface area contributed by atoms with Gasteiger partial charge in [0.05, 0.1) is 11.2 Å². The molecule has 0 radical (unpaired) electrons. The van der Waals surface area contributed by atoms with E-state index < -0.39 is 0 Å². The molecule has 3 heteroatoms. The zero-order chi connectivity index (χ0) is 7.03. The van der Waals surface area contributed by atoms with Gasteiger partial charge in [-0.05, 0) is 25.0 Å². The molecule has 0 aliphatic heterocycles. The first-order chi connectivity index (χ1) is 4.81. The first kappa shape index (κ1) is 8.50. The van der Waals surface area contributed by atoms with Crippen molar-refractivity contribution in [1.82, 2.24) is 4.98 Å². The van der Waals surface area contributed by atoms with E-state index in [0.717, 1.165) is 18.5 Å². The van der Waals surface area contributed by atoms with Crippen LogP contribution in [0, 0.1) is 0 Å². The van der Waals surface area contributed by atoms with Crippen LogP contribution in [0.4, 0.5) is 0 Å². The van der Waals surface area contributed by atoms with Crippen molar-refractivity contribution in [2.24, 2.45) is 5.73 Å². The number of aromatic nitrogens is 1. The van der Waals surface area contributed by atoms with E-state index in [1.165, 1.54) is 0 Å². The molecule has 1 aliphatic carbocycles. The van der Waals surface area contributed by atoms with Gasteiger partial charge in [0.25, 0.3) is 0 Å². The van der Waals surface area contributed by atoms with Gasteiger partial charge in [-0.3, -0.25) is 4.98 Å². The van der Waals surface area contributed by atoms with E-state index >= 15 is 0 Å². The zero-order valence-corrected chi connectivity index (χ0v) is 6.97. The summed E-state index contributed by atoms with van der Waals surface area (Å²) in [6.07, 6.45) is 3.97. The highest BCUT2D eigenvalue weighted by Gasteiger charge is 2.41. The van der Waals surface area contributed by atoms with Crippen LogP contribution in [-0.2, 0) is 5.54 Å². The fraction of sp³-hybridized carbons (Fsp3) is 0.375. The van der Waals surface area contributed by atoms with Crippen molar-refractivity contribution in [2.75, 3.05) is 0 Å². The summed E-state index contributed by atoms with van der Waals surface area (Å²) < 4.78 is 0. The fourth-order valence-electron chi connectivity index (χ4n) is 1.05. The number of hydrogen-bond acceptors (Lipinski definition) is 2. The van der Waals surface area contributed by atoms with E-state index in [0.29, 0.717) is 0 Å². The molecule has 2 nitrogen and oxygen atoms in total. The maximum Gasteiger partial charge on any atom is 0.0602 e. The van der Waals surface area contributed by atoms with Crippen LogP contribution in [0.2, 0.25) is 0 Å². The van der Waals surface area contributed by atoms with Gasteiger partial charge in [0.15, 0.2) is 0 Å². The van der Waals surface area contributed by atoms with Crippen molar-refractivity contribution in [3.63, 3.8) is 0 Å². The van der Waals surface area contributed by atoms with Crippen molar-refractivity contribution >= 4 is 12.4 Å². The Bertz CT molecular complexity index is 231. The molecule has 0 amide bonds. The maximum absolute atomic E-state index is 5.91. The summed E-state index contributed by atoms with van der Waals surface area (Å²) in [5.74, 6) is 0. The van der Waals surface area contributed by atoms with E-state index in [9.17, 15) is 0 Å². The SMILES string of the molecule is Cl.NC1(c2ccccn2)CC1. The van der Waals surface area contributed by atoms with Crippen LogP contribution in [0.25, 0.3) is 0 Å². The molecule has 11 heavy (non-hydrogen) atoms. The lowest BCUT2D eigenvalue weighted by Crippen LogP contribution is -2.19. The molecule has 2 rings (SSSR count). The van der Waals surface area contributed by atoms with Crippen LogP contribution in [0.5, 0.6) is 0 Å². The third-order valence-electron chi connectivity index (χ3n) is 1.96. The van der Waals surface area contributed by atoms with Crippen LogP contribution in [0.3, 0.4) is 0 Å². The molecule has 0 spiro atoms. The Kier molecular flexibility index (Phi) is 2.16. The van der Waals surface area contributed by atoms with Crippen LogP contribution >= 0.6 is 12.4 Å². The minimum absolute atomic E-state index is 0. The average Bonchev–Trinajstić information content (AvgIpc) is 2.72. The molecule has 1 aliphatic rings. The van der Waals surface area contributed by atoms with E-state index in [1.54, 1.807) is 6.20 Å². The lowest BCUT2D eigenvalue weighted by molar-refractivity contribution is 0.708. The Balaban J connectivity index is 0.000000605. The number of pyridine rings is 1. The number of rotatable bonds is 1. The highest BCUT2D eigenvalue weighted by atomic mass is 35.5. The van der Waals surface area contributed by atoms with Gasteiger partial charge in [-0.2, -0.15) is 0 Å². The molecule has 2 N–H and O–H groups in total. The molecule has 0 saturated heterocycles. The molecule has 0 aromatic carbocycles. The Hall–Kier alpha value is -0.600. The number of halogens is 1. The first-order valence-corrected chi connectivity index (χ1v) is 3.52. The molecule has 0 unspecified atom stereocenters. The second-order valence-corrected chi connectivity index (χ2v) is 2.87. The van der Waals surface area contributed by atoms with E-state index in [4.69, 9.17) is 5.73 Å². The summed E-state index contributed by atoms with van der Waals surface area (Å²) in [6, 6.07) is 5.89. The van der Waals surface area contributed by atoms with E-state index in [-0.39, 0.29) is 17.9 Å². The number of hydrogen-bond donors (Lipinski definition) is 1. The highest BCUT2D eigenvalue weighted by Crippen LogP contribution is 2.41. The van der Waals surface area contributed by atoms with E-state index in [1.807, 2.05) is 18.2 Å². The molecule has 60 valence electrons. The lowest BCUT2D eigenvalue weighted by Gasteiger charge is -2.05. The summed E-state index contributed by atoms with van der Waals surface area (Å²) in [5.41, 5.74) is 6.87. The molecular weight excluding hydrogens is 160 g/mol. The molecule has 1 heterocycles. The monoisotopic (exact) mass is 170 g/mol. The van der Waals surface area contributed by atoms with Crippen molar-refractivity contribution in [2.45, 2.75) is 18.4 Å². The average molecular weight is 171 g/mol. The van der Waals surface area contributed by atoms with Gasteiger partial charge in [-0.1, -0.05) is 6.07 Å². The predicted octanol–water partition coefficient (Wildman–Crippen LogP) is 1.45. The molecule has 0 bridgehead atoms. The quantitative estimate of drug-likeness (QED) is 0.693. The van der Waals surface area contributed by atoms with Gasteiger partial charge in [0, 0.05) is 6.20 Å². The summed E-state index contributed by atoms with van der Waals surface area (Å²) in [4.78, 5) is 4.19. The maximum atomic E-state index is 5.91. The van der Waals surface area contributed by atoms with Crippen molar-refractivity contribution in [3.05, 3.63) is 30.1 Å². The summed E-state index contributed by atoms with van der Waals surface area (Å²) in [7, 11) is 0. The third-order valence-corrected chi connectivity index (χ3v) is 1.96. The molecule has 1 saturated carbocycles. The van der Waals surface area contributed by atoms with Crippen LogP contribution in [0.15, 0.2) is 24.4 Å². The second-order valence-electron chi connectivity index (χ2n) is 2.87. The normalized spacial score (nSPS) is 18.6. The van der Waals surface area contributed by atoms with Gasteiger partial charge in [-0.25, -0.2) is 0 Å². The molecular formula is C8H11ClN2. The summed E-state index contributed by atoms with van der Waals surface area (Å²) >= 11 is 0. The standard InChI is InChI=1S/C8H10N2.ClH/c9-8(4-5-8)7-3-1-2-6-10-7;/h1-3,6H,4-5,9H2;1H. The molecule has 1 fully saturated rings. The van der Waals surface area contributed by atoms with Gasteiger partial charge >= 0.3 is 0 Å². The van der Waals surface area contributed by atoms with Crippen LogP contribution < -0.4 is 5.73 Å². The van der Waals surface area contributed by atoms with Gasteiger partial charge < -0.3 is 5.73 Å². The minimum atomic E-state index is -0.0682. The molecule has 1 aromatic rings.